The smallest absolute Gasteiger partial charge is 0.222 e. The van der Waals surface area contributed by atoms with E-state index in [-0.39, 0.29) is 6.04 Å². The monoisotopic (exact) mass is 296 g/mol. The van der Waals surface area contributed by atoms with Crippen molar-refractivity contribution in [2.45, 2.75) is 37.7 Å². The number of nitrogens with two attached hydrogens (primary N) is 1. The van der Waals surface area contributed by atoms with Gasteiger partial charge in [0.05, 0.1) is 0 Å². The Morgan fingerprint density at radius 1 is 1.37 bits per heavy atom. The summed E-state index contributed by atoms with van der Waals surface area (Å²) in [4.78, 5) is 0. The van der Waals surface area contributed by atoms with Crippen molar-refractivity contribution in [1.29, 1.82) is 0 Å². The lowest BCUT2D eigenvalue weighted by atomic mass is 10.2. The molecule has 1 heterocycles. The number of rotatable bonds is 4. The molecule has 6 heteroatoms. The van der Waals surface area contributed by atoms with E-state index in [0.29, 0.717) is 5.95 Å². The van der Waals surface area contributed by atoms with E-state index in [1.165, 1.54) is 0 Å². The van der Waals surface area contributed by atoms with Gasteiger partial charge in [0.25, 0.3) is 0 Å². The van der Waals surface area contributed by atoms with Gasteiger partial charge in [-0.3, -0.25) is 4.57 Å². The second-order valence-electron chi connectivity index (χ2n) is 4.69. The average Bonchev–Trinajstić information content (AvgIpc) is 2.69. The van der Waals surface area contributed by atoms with Crippen molar-refractivity contribution in [3.63, 3.8) is 0 Å². The summed E-state index contributed by atoms with van der Waals surface area (Å²) >= 11 is 7.82. The zero-order valence-electron chi connectivity index (χ0n) is 11.2. The van der Waals surface area contributed by atoms with E-state index in [1.54, 1.807) is 11.8 Å². The van der Waals surface area contributed by atoms with Crippen LogP contribution in [0.2, 0.25) is 5.02 Å². The summed E-state index contributed by atoms with van der Waals surface area (Å²) in [5, 5.41) is 9.64. The fourth-order valence-electron chi connectivity index (χ4n) is 1.78. The zero-order valence-corrected chi connectivity index (χ0v) is 12.8. The molecule has 0 amide bonds. The molecular formula is C13H17ClN4S. The van der Waals surface area contributed by atoms with Gasteiger partial charge in [-0.25, -0.2) is 0 Å². The van der Waals surface area contributed by atoms with Crippen molar-refractivity contribution in [2.75, 3.05) is 5.73 Å². The van der Waals surface area contributed by atoms with Gasteiger partial charge in [-0.05, 0) is 38.0 Å². The van der Waals surface area contributed by atoms with Crippen LogP contribution in [0.1, 0.15) is 31.0 Å². The van der Waals surface area contributed by atoms with E-state index >= 15 is 0 Å². The summed E-state index contributed by atoms with van der Waals surface area (Å²) < 4.78 is 1.92. The Kier molecular flexibility index (Phi) is 4.37. The Bertz CT molecular complexity index is 580. The van der Waals surface area contributed by atoms with Crippen LogP contribution in [0, 0.1) is 6.92 Å². The third kappa shape index (κ3) is 3.22. The molecule has 19 heavy (non-hydrogen) atoms. The van der Waals surface area contributed by atoms with Crippen molar-refractivity contribution >= 4 is 29.3 Å². The van der Waals surface area contributed by atoms with E-state index in [9.17, 15) is 0 Å². The van der Waals surface area contributed by atoms with E-state index in [2.05, 4.69) is 30.1 Å². The Morgan fingerprint density at radius 2 is 2.11 bits per heavy atom. The SMILES string of the molecule is Cc1ccc(CSc2nnc(N)n2C(C)C)c(Cl)c1. The molecule has 0 atom stereocenters. The van der Waals surface area contributed by atoms with E-state index in [4.69, 9.17) is 17.3 Å². The summed E-state index contributed by atoms with van der Waals surface area (Å²) in [6.07, 6.45) is 0. The Morgan fingerprint density at radius 3 is 2.74 bits per heavy atom. The van der Waals surface area contributed by atoms with Crippen LogP contribution in [0.25, 0.3) is 0 Å². The molecule has 0 saturated heterocycles. The van der Waals surface area contributed by atoms with E-state index < -0.39 is 0 Å². The first-order chi connectivity index (χ1) is 8.99. The predicted molar refractivity (Wildman–Crippen MR) is 80.6 cm³/mol. The third-order valence-corrected chi connectivity index (χ3v) is 4.12. The molecule has 0 aliphatic rings. The van der Waals surface area contributed by atoms with Crippen LogP contribution in [0.3, 0.4) is 0 Å². The normalized spacial score (nSPS) is 11.2. The van der Waals surface area contributed by atoms with Crippen molar-refractivity contribution in [2.24, 2.45) is 0 Å². The van der Waals surface area contributed by atoms with Gasteiger partial charge in [-0.15, -0.1) is 10.2 Å². The molecule has 1 aromatic heterocycles. The van der Waals surface area contributed by atoms with E-state index in [1.807, 2.05) is 23.6 Å². The minimum atomic E-state index is 0.242. The number of nitrogens with zero attached hydrogens (tertiary/aromatic N) is 3. The van der Waals surface area contributed by atoms with Crippen molar-refractivity contribution in [3.8, 4) is 0 Å². The highest BCUT2D eigenvalue weighted by molar-refractivity contribution is 7.98. The van der Waals surface area contributed by atoms with Crippen LogP contribution in [-0.4, -0.2) is 14.8 Å². The van der Waals surface area contributed by atoms with Crippen LogP contribution >= 0.6 is 23.4 Å². The van der Waals surface area contributed by atoms with Crippen LogP contribution in [0.5, 0.6) is 0 Å². The molecule has 4 nitrogen and oxygen atoms in total. The van der Waals surface area contributed by atoms with Crippen molar-refractivity contribution in [1.82, 2.24) is 14.8 Å². The molecule has 0 bridgehead atoms. The molecular weight excluding hydrogens is 280 g/mol. The van der Waals surface area contributed by atoms with Crippen LogP contribution < -0.4 is 5.73 Å². The minimum absolute atomic E-state index is 0.242. The van der Waals surface area contributed by atoms with Crippen LogP contribution in [-0.2, 0) is 5.75 Å². The first-order valence-corrected chi connectivity index (χ1v) is 7.43. The fourth-order valence-corrected chi connectivity index (χ4v) is 3.24. The van der Waals surface area contributed by atoms with Gasteiger partial charge in [-0.1, -0.05) is 35.5 Å². The third-order valence-electron chi connectivity index (χ3n) is 2.77. The zero-order chi connectivity index (χ0) is 14.0. The second kappa shape index (κ2) is 5.84. The Labute approximate surface area is 122 Å². The van der Waals surface area contributed by atoms with Gasteiger partial charge in [0.2, 0.25) is 5.95 Å². The molecule has 0 unspecified atom stereocenters. The lowest BCUT2D eigenvalue weighted by Crippen LogP contribution is -2.07. The number of benzene rings is 1. The molecule has 102 valence electrons. The maximum absolute atomic E-state index is 6.22. The molecule has 2 N–H and O–H groups in total. The van der Waals surface area contributed by atoms with Gasteiger partial charge in [0.1, 0.15) is 0 Å². The van der Waals surface area contributed by atoms with Crippen LogP contribution in [0.4, 0.5) is 5.95 Å². The largest absolute Gasteiger partial charge is 0.368 e. The molecule has 2 rings (SSSR count). The second-order valence-corrected chi connectivity index (χ2v) is 6.04. The number of anilines is 1. The lowest BCUT2D eigenvalue weighted by Gasteiger charge is -2.11. The predicted octanol–water partition coefficient (Wildman–Crippen LogP) is 3.70. The lowest BCUT2D eigenvalue weighted by molar-refractivity contribution is 0.557. The average molecular weight is 297 g/mol. The summed E-state index contributed by atoms with van der Waals surface area (Å²) in [6, 6.07) is 6.32. The number of halogens is 1. The quantitative estimate of drug-likeness (QED) is 0.874. The molecule has 0 fully saturated rings. The van der Waals surface area contributed by atoms with Gasteiger partial charge in [-0.2, -0.15) is 0 Å². The number of hydrogen-bond acceptors (Lipinski definition) is 4. The fraction of sp³-hybridized carbons (Fsp3) is 0.385. The number of aromatic nitrogens is 3. The topological polar surface area (TPSA) is 56.7 Å². The molecule has 0 saturated carbocycles. The van der Waals surface area contributed by atoms with Gasteiger partial charge < -0.3 is 5.73 Å². The molecule has 0 spiro atoms. The van der Waals surface area contributed by atoms with Crippen molar-refractivity contribution < 1.29 is 0 Å². The number of thioether (sulfide) groups is 1. The maximum Gasteiger partial charge on any atom is 0.222 e. The Balaban J connectivity index is 2.15. The number of hydrogen-bond donors (Lipinski definition) is 1. The highest BCUT2D eigenvalue weighted by Crippen LogP contribution is 2.28. The maximum atomic E-state index is 6.22. The van der Waals surface area contributed by atoms with Crippen molar-refractivity contribution in [3.05, 3.63) is 34.3 Å². The summed E-state index contributed by atoms with van der Waals surface area (Å²) in [7, 11) is 0. The summed E-state index contributed by atoms with van der Waals surface area (Å²) in [6.45, 7) is 6.14. The highest BCUT2D eigenvalue weighted by atomic mass is 35.5. The summed E-state index contributed by atoms with van der Waals surface area (Å²) in [5.74, 6) is 1.21. The first kappa shape index (κ1) is 14.2. The molecule has 0 radical (unpaired) electrons. The highest BCUT2D eigenvalue weighted by Gasteiger charge is 2.13. The van der Waals surface area contributed by atoms with E-state index in [0.717, 1.165) is 27.1 Å². The summed E-state index contributed by atoms with van der Waals surface area (Å²) in [5.41, 5.74) is 8.06. The van der Waals surface area contributed by atoms with Crippen LogP contribution in [0.15, 0.2) is 23.4 Å². The number of aryl methyl sites for hydroxylation is 1. The van der Waals surface area contributed by atoms with Gasteiger partial charge >= 0.3 is 0 Å². The molecule has 2 aromatic rings. The van der Waals surface area contributed by atoms with Gasteiger partial charge in [0, 0.05) is 16.8 Å². The standard InChI is InChI=1S/C13H17ClN4S/c1-8(2)18-12(15)16-17-13(18)19-7-10-5-4-9(3)6-11(10)14/h4-6,8H,7H2,1-3H3,(H2,15,16). The Hall–Kier alpha value is -1.20. The molecule has 0 aliphatic heterocycles. The number of nitrogen functional groups attached to an aromatic ring is 1. The molecule has 0 aliphatic carbocycles. The first-order valence-electron chi connectivity index (χ1n) is 6.07. The molecule has 1 aromatic carbocycles. The van der Waals surface area contributed by atoms with Gasteiger partial charge in [0.15, 0.2) is 5.16 Å². The minimum Gasteiger partial charge on any atom is -0.368 e.